The Morgan fingerprint density at radius 1 is 1.04 bits per heavy atom. The average molecular weight is 754 g/mol. The predicted molar refractivity (Wildman–Crippen MR) is 215 cm³/mol. The number of aliphatic hydroxyl groups excluding tert-OH is 1. The second-order valence-corrected chi connectivity index (χ2v) is 20.7. The third-order valence-corrected chi connectivity index (χ3v) is 17.6. The van der Waals surface area contributed by atoms with Crippen LogP contribution in [-0.2, 0) is 4.79 Å². The molecule has 4 N–H and O–H groups in total. The molecule has 4 saturated carbocycles. The van der Waals surface area contributed by atoms with Crippen LogP contribution < -0.4 is 10.1 Å². The van der Waals surface area contributed by atoms with Crippen molar-refractivity contribution in [3.8, 4) is 11.9 Å². The number of aliphatic carboxylic acids is 1. The van der Waals surface area contributed by atoms with Crippen molar-refractivity contribution in [2.24, 2.45) is 56.7 Å². The summed E-state index contributed by atoms with van der Waals surface area (Å²) in [6.45, 7) is 21.5. The number of fused-ring (bicyclic) bond motifs is 7. The first kappa shape index (κ1) is 40.2. The quantitative estimate of drug-likeness (QED) is 0.174. The Labute approximate surface area is 329 Å². The summed E-state index contributed by atoms with van der Waals surface area (Å²) in [7, 11) is 0. The van der Waals surface area contributed by atoms with Crippen LogP contribution >= 0.6 is 0 Å². The molecular formula is C47H67N3O5. The van der Waals surface area contributed by atoms with Crippen molar-refractivity contribution in [3.63, 3.8) is 0 Å². The van der Waals surface area contributed by atoms with Crippen LogP contribution in [0.2, 0.25) is 0 Å². The maximum atomic E-state index is 12.8. The van der Waals surface area contributed by atoms with Crippen molar-refractivity contribution in [1.29, 1.82) is 5.26 Å². The summed E-state index contributed by atoms with van der Waals surface area (Å²) < 4.78 is 5.93. The molecule has 11 atom stereocenters. The lowest BCUT2D eigenvalue weighted by Gasteiger charge is -2.72. The minimum absolute atomic E-state index is 0.0183. The maximum Gasteiger partial charge on any atom is 0.313 e. The number of nitriles is 1. The fourth-order valence-corrected chi connectivity index (χ4v) is 14.4. The van der Waals surface area contributed by atoms with E-state index in [0.717, 1.165) is 25.7 Å². The molecule has 55 heavy (non-hydrogen) atoms. The highest BCUT2D eigenvalue weighted by Crippen LogP contribution is 2.76. The summed E-state index contributed by atoms with van der Waals surface area (Å²) in [5.41, 5.74) is 2.62. The van der Waals surface area contributed by atoms with E-state index in [1.165, 1.54) is 48.8 Å². The third-order valence-electron chi connectivity index (χ3n) is 17.6. The minimum atomic E-state index is -1.14. The van der Waals surface area contributed by atoms with Crippen LogP contribution in [0.15, 0.2) is 53.8 Å². The van der Waals surface area contributed by atoms with E-state index in [2.05, 4.69) is 76.6 Å². The predicted octanol–water partition coefficient (Wildman–Crippen LogP) is 8.79. The highest BCUT2D eigenvalue weighted by atomic mass is 16.5. The summed E-state index contributed by atoms with van der Waals surface area (Å²) in [4.78, 5) is 17.0. The van der Waals surface area contributed by atoms with Crippen LogP contribution in [0.1, 0.15) is 131 Å². The smallest absolute Gasteiger partial charge is 0.313 e. The molecule has 0 aliphatic heterocycles. The third kappa shape index (κ3) is 6.16. The number of aliphatic hydroxyl groups is 2. The molecule has 0 radical (unpaired) electrons. The van der Waals surface area contributed by atoms with Gasteiger partial charge in [0, 0.05) is 18.3 Å². The average Bonchev–Trinajstić information content (AvgIpc) is 3.54. The summed E-state index contributed by atoms with van der Waals surface area (Å²) in [6, 6.07) is 5.42. The molecule has 1 aromatic heterocycles. The molecular weight excluding hydrogens is 687 g/mol. The molecule has 8 heteroatoms. The number of nitrogens with zero attached hydrogens (tertiary/aromatic N) is 2. The van der Waals surface area contributed by atoms with Crippen molar-refractivity contribution < 1.29 is 24.9 Å². The fraction of sp³-hybridized carbons (Fsp3) is 0.723. The minimum Gasteiger partial charge on any atom is -0.481 e. The number of carboxylic acid groups (broad SMARTS) is 1. The lowest BCUT2D eigenvalue weighted by Crippen LogP contribution is -2.68. The number of allylic oxidation sites excluding steroid dienone is 5. The molecule has 0 saturated heterocycles. The summed E-state index contributed by atoms with van der Waals surface area (Å²) in [6.07, 6.45) is 18.3. The van der Waals surface area contributed by atoms with Crippen LogP contribution in [0.4, 0.5) is 0 Å². The molecule has 300 valence electrons. The number of aromatic nitrogens is 1. The number of rotatable bonds is 10. The van der Waals surface area contributed by atoms with E-state index >= 15 is 0 Å². The van der Waals surface area contributed by atoms with Gasteiger partial charge in [0.05, 0.1) is 12.2 Å². The van der Waals surface area contributed by atoms with Gasteiger partial charge in [-0.05, 0) is 165 Å². The first-order chi connectivity index (χ1) is 25.8. The number of pyridine rings is 1. The number of hydrogen-bond donors (Lipinski definition) is 4. The Kier molecular flexibility index (Phi) is 10.1. The van der Waals surface area contributed by atoms with E-state index in [1.54, 1.807) is 25.3 Å². The molecule has 0 aromatic carbocycles. The first-order valence-corrected chi connectivity index (χ1v) is 21.2. The van der Waals surface area contributed by atoms with Gasteiger partial charge in [0.25, 0.3) is 0 Å². The summed E-state index contributed by atoms with van der Waals surface area (Å²) in [5, 5.41) is 44.6. The molecule has 0 amide bonds. The van der Waals surface area contributed by atoms with Gasteiger partial charge in [-0.25, -0.2) is 4.98 Å². The lowest BCUT2D eigenvalue weighted by molar-refractivity contribution is -0.221. The van der Waals surface area contributed by atoms with Crippen molar-refractivity contribution in [2.75, 3.05) is 19.8 Å². The summed E-state index contributed by atoms with van der Waals surface area (Å²) >= 11 is 0. The van der Waals surface area contributed by atoms with Gasteiger partial charge in [-0.1, -0.05) is 58.9 Å². The van der Waals surface area contributed by atoms with E-state index in [-0.39, 0.29) is 46.3 Å². The highest BCUT2D eigenvalue weighted by molar-refractivity contribution is 5.75. The zero-order valence-electron chi connectivity index (χ0n) is 34.6. The number of carbonyl (C=O) groups is 1. The molecule has 8 nitrogen and oxygen atoms in total. The molecule has 0 spiro atoms. The van der Waals surface area contributed by atoms with Crippen LogP contribution in [-0.4, -0.2) is 57.2 Å². The normalized spacial score (nSPS) is 41.5. The number of ether oxygens (including phenoxy) is 1. The topological polar surface area (TPSA) is 136 Å². The van der Waals surface area contributed by atoms with Crippen molar-refractivity contribution in [1.82, 2.24) is 10.3 Å². The van der Waals surface area contributed by atoms with Gasteiger partial charge in [0.2, 0.25) is 5.88 Å². The van der Waals surface area contributed by atoms with Crippen LogP contribution in [0, 0.1) is 68.0 Å². The van der Waals surface area contributed by atoms with E-state index in [4.69, 9.17) is 4.74 Å². The Balaban J connectivity index is 1.14. The van der Waals surface area contributed by atoms with E-state index in [9.17, 15) is 25.4 Å². The van der Waals surface area contributed by atoms with Crippen molar-refractivity contribution >= 4 is 5.97 Å². The largest absolute Gasteiger partial charge is 0.481 e. The van der Waals surface area contributed by atoms with E-state index in [1.807, 2.05) is 0 Å². The van der Waals surface area contributed by atoms with Gasteiger partial charge >= 0.3 is 5.97 Å². The van der Waals surface area contributed by atoms with Gasteiger partial charge in [0.1, 0.15) is 23.7 Å². The molecule has 1 aromatic rings. The highest BCUT2D eigenvalue weighted by Gasteiger charge is 2.70. The van der Waals surface area contributed by atoms with Crippen molar-refractivity contribution in [2.45, 2.75) is 137 Å². The number of nitrogens with one attached hydrogen (secondary N) is 1. The Morgan fingerprint density at radius 3 is 2.45 bits per heavy atom. The second kappa shape index (κ2) is 13.8. The number of carboxylic acids is 1. The molecule has 6 aliphatic rings. The molecule has 6 aliphatic carbocycles. The number of hydrogen-bond acceptors (Lipinski definition) is 7. The van der Waals surface area contributed by atoms with Gasteiger partial charge in [-0.15, -0.1) is 0 Å². The Morgan fingerprint density at radius 2 is 1.80 bits per heavy atom. The molecule has 0 unspecified atom stereocenters. The van der Waals surface area contributed by atoms with E-state index < -0.39 is 17.0 Å². The second-order valence-electron chi connectivity index (χ2n) is 20.7. The lowest BCUT2D eigenvalue weighted by atomic mass is 9.33. The Bertz CT molecular complexity index is 1810. The maximum absolute atomic E-state index is 12.8. The Hall–Kier alpha value is -2.99. The fourth-order valence-electron chi connectivity index (χ4n) is 14.4. The van der Waals surface area contributed by atoms with Gasteiger partial charge in [-0.2, -0.15) is 5.26 Å². The summed E-state index contributed by atoms with van der Waals surface area (Å²) in [5.74, 6) is 2.01. The van der Waals surface area contributed by atoms with Gasteiger partial charge in [0.15, 0.2) is 0 Å². The van der Waals surface area contributed by atoms with Crippen LogP contribution in [0.5, 0.6) is 5.88 Å². The zero-order valence-corrected chi connectivity index (χ0v) is 34.6. The molecule has 0 bridgehead atoms. The van der Waals surface area contributed by atoms with Gasteiger partial charge < -0.3 is 25.4 Å². The van der Waals surface area contributed by atoms with Gasteiger partial charge in [-0.3, -0.25) is 4.79 Å². The molecule has 7 rings (SSSR count). The first-order valence-electron chi connectivity index (χ1n) is 21.2. The SMILES string of the molecule is C=C(C)[C@@H]1CC[C@]2(NC[C@@](C)(O)CO)CC[C@]3(C)[C@H](CC[C@@H]4[C@@]5(C)CC=C(C6=CC[C@](COc7ncccc7C#N)(C(=O)O)CC6)C(C)(C)[C@@H]5CC[C@]43C)[C@@H]12. The standard InChI is InChI=1S/C47H67N3O5/c1-30(2)33-15-22-47(50-27-42(5,54)28-51)24-23-44(7)35(38(33)47)11-12-37-43(6)18-16-34(41(3,4)36(43)17-19-45(37,44)8)31-13-20-46(21-14-31,40(52)53)29-55-39-32(26-48)10-9-25-49-39/h9-10,13,16,25,33,35-38,50-51,54H,1,11-12,14-15,17-24,27-29H2,2-8H3,(H,52,53)/t33-,35+,36-,37+,38+,42+,43-,44+,45+,46-,47-/m0/s1. The molecule has 4 fully saturated rings. The zero-order chi connectivity index (χ0) is 39.8. The number of β-amino-alcohol motifs (C(OH)–C–C–N with tert-alkyl or cyclic N) is 1. The van der Waals surface area contributed by atoms with Crippen molar-refractivity contribution in [3.05, 3.63) is 59.3 Å². The molecule has 1 heterocycles. The monoisotopic (exact) mass is 754 g/mol. The van der Waals surface area contributed by atoms with E-state index in [0.29, 0.717) is 61.0 Å². The van der Waals surface area contributed by atoms with Crippen LogP contribution in [0.3, 0.4) is 0 Å². The van der Waals surface area contributed by atoms with Crippen LogP contribution in [0.25, 0.3) is 0 Å².